The second-order valence-electron chi connectivity index (χ2n) is 6.84. The number of carbonyl (C=O) groups excluding carboxylic acids is 1. The van der Waals surface area contributed by atoms with Gasteiger partial charge in [-0.25, -0.2) is 0 Å². The van der Waals surface area contributed by atoms with Gasteiger partial charge >= 0.3 is 0 Å². The molecule has 0 fully saturated rings. The predicted molar refractivity (Wildman–Crippen MR) is 85.2 cm³/mol. The summed E-state index contributed by atoms with van der Waals surface area (Å²) in [5.41, 5.74) is 5.97. The second kappa shape index (κ2) is 5.40. The van der Waals surface area contributed by atoms with Crippen molar-refractivity contribution in [1.82, 2.24) is 0 Å². The Kier molecular flexibility index (Phi) is 3.99. The summed E-state index contributed by atoms with van der Waals surface area (Å²) in [5.74, 6) is 0.240. The van der Waals surface area contributed by atoms with Crippen LogP contribution in [0.4, 0.5) is 0 Å². The molecule has 0 saturated heterocycles. The maximum absolute atomic E-state index is 12.6. The van der Waals surface area contributed by atoms with Crippen LogP contribution < -0.4 is 0 Å². The third kappa shape index (κ3) is 3.09. The van der Waals surface area contributed by atoms with Gasteiger partial charge in [0.25, 0.3) is 0 Å². The molecule has 0 amide bonds. The minimum Gasteiger partial charge on any atom is -0.294 e. The van der Waals surface area contributed by atoms with Crippen LogP contribution >= 0.6 is 0 Å². The van der Waals surface area contributed by atoms with Crippen molar-refractivity contribution in [2.45, 2.75) is 52.9 Å². The van der Waals surface area contributed by atoms with Crippen LogP contribution in [0, 0.1) is 0 Å². The minimum absolute atomic E-state index is 0.000390. The van der Waals surface area contributed by atoms with Crippen molar-refractivity contribution in [3.8, 4) is 0 Å². The molecule has 1 aliphatic carbocycles. The monoisotopic (exact) mass is 268 g/mol. The molecule has 0 radical (unpaired) electrons. The summed E-state index contributed by atoms with van der Waals surface area (Å²) in [4.78, 5) is 12.6. The fourth-order valence-electron chi connectivity index (χ4n) is 2.76. The first-order chi connectivity index (χ1) is 9.29. The fourth-order valence-corrected chi connectivity index (χ4v) is 2.76. The zero-order valence-corrected chi connectivity index (χ0v) is 13.2. The first-order valence-electron chi connectivity index (χ1n) is 7.27. The number of hydrogen-bond acceptors (Lipinski definition) is 1. The largest absolute Gasteiger partial charge is 0.294 e. The summed E-state index contributed by atoms with van der Waals surface area (Å²) in [6, 6.07) is 8.01. The number of carbonyl (C=O) groups is 1. The minimum atomic E-state index is 0.000390. The van der Waals surface area contributed by atoms with Gasteiger partial charge in [0.2, 0.25) is 0 Å². The smallest absolute Gasteiger partial charge is 0.167 e. The molecule has 0 N–H and O–H groups in total. The summed E-state index contributed by atoms with van der Waals surface area (Å²) < 4.78 is 0. The summed E-state index contributed by atoms with van der Waals surface area (Å²) in [6.07, 6.45) is 3.67. The van der Waals surface area contributed by atoms with Gasteiger partial charge in [-0.3, -0.25) is 4.79 Å². The number of rotatable bonds is 3. The zero-order chi connectivity index (χ0) is 14.9. The zero-order valence-electron chi connectivity index (χ0n) is 13.2. The molecule has 1 aromatic rings. The highest BCUT2D eigenvalue weighted by atomic mass is 16.1. The lowest BCUT2D eigenvalue weighted by molar-refractivity contribution is 0.0990. The number of allylic oxidation sites excluding steroid dienone is 4. The van der Waals surface area contributed by atoms with E-state index >= 15 is 0 Å². The molecule has 2 rings (SSSR count). The summed E-state index contributed by atoms with van der Waals surface area (Å²) in [6.45, 7) is 10.7. The Balaban J connectivity index is 2.22. The molecule has 106 valence electrons. The molecule has 1 aliphatic rings. The van der Waals surface area contributed by atoms with Gasteiger partial charge in [-0.05, 0) is 31.2 Å². The number of benzene rings is 1. The number of ketones is 1. The quantitative estimate of drug-likeness (QED) is 0.686. The molecule has 0 atom stereocenters. The molecule has 1 aromatic carbocycles. The van der Waals surface area contributed by atoms with Crippen molar-refractivity contribution in [3.05, 3.63) is 58.2 Å². The first kappa shape index (κ1) is 14.8. The Morgan fingerprint density at radius 1 is 1.15 bits per heavy atom. The molecule has 0 bridgehead atoms. The highest BCUT2D eigenvalue weighted by Gasteiger charge is 2.22. The first-order valence-corrected chi connectivity index (χ1v) is 7.27. The summed E-state index contributed by atoms with van der Waals surface area (Å²) in [7, 11) is 0. The summed E-state index contributed by atoms with van der Waals surface area (Å²) in [5, 5.41) is 0. The lowest BCUT2D eigenvalue weighted by Crippen LogP contribution is -2.17. The second-order valence-corrected chi connectivity index (χ2v) is 6.84. The van der Waals surface area contributed by atoms with Crippen LogP contribution in [0.1, 0.15) is 63.4 Å². The van der Waals surface area contributed by atoms with E-state index in [-0.39, 0.29) is 11.2 Å². The molecule has 0 aliphatic heterocycles. The Morgan fingerprint density at radius 2 is 1.80 bits per heavy atom. The Hall–Kier alpha value is -1.63. The number of Topliss-reactive ketones (excluding diaryl/α,β-unsaturated/α-hetero) is 1. The molecule has 0 heterocycles. The van der Waals surface area contributed by atoms with Crippen LogP contribution in [0.25, 0.3) is 0 Å². The van der Waals surface area contributed by atoms with Crippen molar-refractivity contribution in [3.63, 3.8) is 0 Å². The van der Waals surface area contributed by atoms with E-state index in [4.69, 9.17) is 0 Å². The summed E-state index contributed by atoms with van der Waals surface area (Å²) >= 11 is 0. The van der Waals surface area contributed by atoms with Crippen LogP contribution in [0.15, 0.2) is 47.1 Å². The van der Waals surface area contributed by atoms with Gasteiger partial charge < -0.3 is 0 Å². The Labute approximate surface area is 122 Å². The average Bonchev–Trinajstić information content (AvgIpc) is 2.67. The molecule has 0 aromatic heterocycles. The molecule has 20 heavy (non-hydrogen) atoms. The van der Waals surface area contributed by atoms with Crippen molar-refractivity contribution in [2.75, 3.05) is 0 Å². The molecule has 0 spiro atoms. The van der Waals surface area contributed by atoms with Gasteiger partial charge in [0.05, 0.1) is 0 Å². The lowest BCUT2D eigenvalue weighted by Gasteiger charge is -2.22. The van der Waals surface area contributed by atoms with Crippen LogP contribution in [0.3, 0.4) is 0 Å². The van der Waals surface area contributed by atoms with E-state index in [1.54, 1.807) is 0 Å². The maximum atomic E-state index is 12.6. The van der Waals surface area contributed by atoms with Crippen LogP contribution in [-0.4, -0.2) is 5.78 Å². The Morgan fingerprint density at radius 3 is 2.35 bits per heavy atom. The van der Waals surface area contributed by atoms with E-state index < -0.39 is 0 Å². The van der Waals surface area contributed by atoms with E-state index in [2.05, 4.69) is 46.8 Å². The highest BCUT2D eigenvalue weighted by molar-refractivity contribution is 5.99. The van der Waals surface area contributed by atoms with E-state index in [1.165, 1.54) is 16.7 Å². The van der Waals surface area contributed by atoms with Gasteiger partial charge in [-0.15, -0.1) is 0 Å². The molecule has 1 nitrogen and oxygen atoms in total. The lowest BCUT2D eigenvalue weighted by atomic mass is 9.82. The van der Waals surface area contributed by atoms with Crippen LogP contribution in [0.2, 0.25) is 0 Å². The molecule has 1 heteroatoms. The topological polar surface area (TPSA) is 17.1 Å². The van der Waals surface area contributed by atoms with Crippen molar-refractivity contribution >= 4 is 5.78 Å². The van der Waals surface area contributed by atoms with Crippen LogP contribution in [-0.2, 0) is 5.41 Å². The Bertz CT molecular complexity index is 594. The van der Waals surface area contributed by atoms with Gasteiger partial charge in [0.15, 0.2) is 5.78 Å². The van der Waals surface area contributed by atoms with E-state index in [0.29, 0.717) is 6.42 Å². The normalized spacial score (nSPS) is 15.6. The van der Waals surface area contributed by atoms with Crippen molar-refractivity contribution < 1.29 is 4.79 Å². The third-order valence-corrected chi connectivity index (χ3v) is 4.01. The molecule has 0 unspecified atom stereocenters. The predicted octanol–water partition coefficient (Wildman–Crippen LogP) is 5.22. The van der Waals surface area contributed by atoms with Crippen LogP contribution in [0.5, 0.6) is 0 Å². The molecular formula is C19H24O. The molecular weight excluding hydrogens is 244 g/mol. The highest BCUT2D eigenvalue weighted by Crippen LogP contribution is 2.30. The van der Waals surface area contributed by atoms with Gasteiger partial charge in [0.1, 0.15) is 0 Å². The van der Waals surface area contributed by atoms with Gasteiger partial charge in [0, 0.05) is 12.0 Å². The fraction of sp³-hybridized carbons (Fsp3) is 0.421. The van der Waals surface area contributed by atoms with Crippen molar-refractivity contribution in [1.29, 1.82) is 0 Å². The third-order valence-electron chi connectivity index (χ3n) is 4.01. The van der Waals surface area contributed by atoms with Gasteiger partial charge in [-0.1, -0.05) is 67.8 Å². The van der Waals surface area contributed by atoms with Crippen molar-refractivity contribution in [2.24, 2.45) is 0 Å². The molecule has 0 saturated carbocycles. The van der Waals surface area contributed by atoms with E-state index in [0.717, 1.165) is 17.5 Å². The van der Waals surface area contributed by atoms with E-state index in [9.17, 15) is 4.79 Å². The SMILES string of the molecule is CC1=C(C)CC(CC(=O)c2ccccc2C(C)(C)C)=C1. The standard InChI is InChI=1S/C19H24O/c1-13-10-15(11-14(13)2)12-18(20)16-8-6-7-9-17(16)19(3,4)5/h6-10H,11-12H2,1-5H3. The van der Waals surface area contributed by atoms with Gasteiger partial charge in [-0.2, -0.15) is 0 Å². The maximum Gasteiger partial charge on any atom is 0.167 e. The average molecular weight is 268 g/mol. The number of hydrogen-bond donors (Lipinski definition) is 0. The van der Waals surface area contributed by atoms with E-state index in [1.807, 2.05) is 18.2 Å².